The Morgan fingerprint density at radius 2 is 1.46 bits per heavy atom. The second-order valence-corrected chi connectivity index (χ2v) is 9.71. The van der Waals surface area contributed by atoms with E-state index < -0.39 is 32.5 Å². The summed E-state index contributed by atoms with van der Waals surface area (Å²) in [4.78, 5) is 32.8. The molecule has 0 aliphatic rings. The first-order valence-electron chi connectivity index (χ1n) is 13.1. The molecule has 0 bridgehead atoms. The predicted octanol–water partition coefficient (Wildman–Crippen LogP) is 5.70. The van der Waals surface area contributed by atoms with Crippen molar-refractivity contribution < 1.29 is 37.6 Å². The minimum atomic E-state index is -4.34. The Morgan fingerprint density at radius 3 is 2.05 bits per heavy atom. The normalized spacial score (nSPS) is 14.6. The number of rotatable bonds is 23. The fraction of sp³-hybridized carbons (Fsp3) is 0.630. The van der Waals surface area contributed by atoms with Gasteiger partial charge in [-0.15, -0.1) is 0 Å². The quantitative estimate of drug-likeness (QED) is 0.0720. The van der Waals surface area contributed by atoms with E-state index in [-0.39, 0.29) is 26.2 Å². The molecule has 0 saturated carbocycles. The number of allylic oxidation sites excluding steroid dienone is 8. The van der Waals surface area contributed by atoms with Gasteiger partial charge < -0.3 is 20.1 Å². The van der Waals surface area contributed by atoms with Crippen LogP contribution >= 0.6 is 7.82 Å². The van der Waals surface area contributed by atoms with E-state index in [4.69, 9.17) is 19.7 Å². The molecule has 2 atom stereocenters. The van der Waals surface area contributed by atoms with Crippen molar-refractivity contribution >= 4 is 19.8 Å². The van der Waals surface area contributed by atoms with Crippen molar-refractivity contribution in [2.24, 2.45) is 5.73 Å². The Labute approximate surface area is 222 Å². The number of hydrogen-bond donors (Lipinski definition) is 2. The molecule has 0 aliphatic heterocycles. The summed E-state index contributed by atoms with van der Waals surface area (Å²) in [7, 11) is -4.34. The lowest BCUT2D eigenvalue weighted by Gasteiger charge is -2.19. The molecule has 9 nitrogen and oxygen atoms in total. The number of carbonyl (C=O) groups is 2. The molecule has 0 aromatic rings. The molecule has 0 heterocycles. The maximum Gasteiger partial charge on any atom is 0.472 e. The molecule has 212 valence electrons. The van der Waals surface area contributed by atoms with E-state index in [9.17, 15) is 19.0 Å². The molecule has 0 spiro atoms. The van der Waals surface area contributed by atoms with Crippen LogP contribution in [0.2, 0.25) is 0 Å². The highest BCUT2D eigenvalue weighted by Gasteiger charge is 2.25. The molecule has 0 saturated heterocycles. The van der Waals surface area contributed by atoms with Crippen LogP contribution in [-0.4, -0.2) is 49.3 Å². The SMILES string of the molecule is CC/C=C\C/C=C\C/C=C\C/C=C\CCCCCCC(=O)OC(COC(C)=O)COP(=O)(O)OCCN. The Bertz CT molecular complexity index is 764. The molecule has 3 N–H and O–H groups in total. The molecule has 0 aliphatic carbocycles. The summed E-state index contributed by atoms with van der Waals surface area (Å²) < 4.78 is 31.3. The van der Waals surface area contributed by atoms with Gasteiger partial charge >= 0.3 is 19.8 Å². The molecular formula is C27H46NO8P. The van der Waals surface area contributed by atoms with Crippen LogP contribution in [0.1, 0.15) is 78.1 Å². The largest absolute Gasteiger partial charge is 0.472 e. The number of carbonyl (C=O) groups excluding carboxylic acids is 2. The lowest BCUT2D eigenvalue weighted by atomic mass is 10.1. The maximum absolute atomic E-state index is 12.1. The highest BCUT2D eigenvalue weighted by Crippen LogP contribution is 2.43. The van der Waals surface area contributed by atoms with Crippen LogP contribution < -0.4 is 5.73 Å². The van der Waals surface area contributed by atoms with E-state index in [2.05, 4.69) is 60.1 Å². The van der Waals surface area contributed by atoms with Gasteiger partial charge in [0.05, 0.1) is 13.2 Å². The summed E-state index contributed by atoms with van der Waals surface area (Å²) in [6, 6.07) is 0. The summed E-state index contributed by atoms with van der Waals surface area (Å²) in [5.74, 6) is -1.06. The number of ether oxygens (including phenoxy) is 2. The fourth-order valence-corrected chi connectivity index (χ4v) is 3.70. The van der Waals surface area contributed by atoms with Crippen molar-refractivity contribution in [3.05, 3.63) is 48.6 Å². The first-order chi connectivity index (χ1) is 17.8. The molecule has 0 aromatic heterocycles. The van der Waals surface area contributed by atoms with Gasteiger partial charge in [-0.05, 0) is 44.9 Å². The number of phosphoric acid groups is 1. The lowest BCUT2D eigenvalue weighted by Crippen LogP contribution is -2.29. The molecule has 2 unspecified atom stereocenters. The summed E-state index contributed by atoms with van der Waals surface area (Å²) in [6.45, 7) is 2.48. The first-order valence-corrected chi connectivity index (χ1v) is 14.5. The fourth-order valence-electron chi connectivity index (χ4n) is 2.94. The van der Waals surface area contributed by atoms with E-state index in [0.717, 1.165) is 51.4 Å². The topological polar surface area (TPSA) is 134 Å². The van der Waals surface area contributed by atoms with Crippen LogP contribution in [-0.2, 0) is 32.7 Å². The summed E-state index contributed by atoms with van der Waals surface area (Å²) >= 11 is 0. The van der Waals surface area contributed by atoms with Gasteiger partial charge in [-0.1, -0.05) is 68.4 Å². The lowest BCUT2D eigenvalue weighted by molar-refractivity contribution is -0.160. The number of unbranched alkanes of at least 4 members (excludes halogenated alkanes) is 4. The van der Waals surface area contributed by atoms with Gasteiger partial charge in [0.25, 0.3) is 0 Å². The van der Waals surface area contributed by atoms with Gasteiger partial charge in [-0.2, -0.15) is 0 Å². The van der Waals surface area contributed by atoms with Crippen LogP contribution in [0.5, 0.6) is 0 Å². The summed E-state index contributed by atoms with van der Waals surface area (Å²) in [5, 5.41) is 0. The van der Waals surface area contributed by atoms with Crippen LogP contribution in [0, 0.1) is 0 Å². The van der Waals surface area contributed by atoms with Crippen molar-refractivity contribution in [3.63, 3.8) is 0 Å². The summed E-state index contributed by atoms with van der Waals surface area (Å²) in [6.07, 6.45) is 25.1. The van der Waals surface area contributed by atoms with Gasteiger partial charge in [0, 0.05) is 19.9 Å². The van der Waals surface area contributed by atoms with E-state index >= 15 is 0 Å². The standard InChI is InChI=1S/C27H46NO8P/c1-3-4-5-6-7-8-9-10-11-12-13-14-15-16-17-18-19-20-27(30)36-26(23-33-25(2)29)24-35-37(31,32)34-22-21-28/h4-5,7-8,10-11,13-14,26H,3,6,9,12,15-24,28H2,1-2H3,(H,31,32)/b5-4-,8-7-,11-10-,14-13-. The van der Waals surface area contributed by atoms with E-state index in [0.29, 0.717) is 6.42 Å². The highest BCUT2D eigenvalue weighted by atomic mass is 31.2. The number of phosphoric ester groups is 1. The highest BCUT2D eigenvalue weighted by molar-refractivity contribution is 7.47. The van der Waals surface area contributed by atoms with Crippen molar-refractivity contribution in [1.29, 1.82) is 0 Å². The van der Waals surface area contributed by atoms with Crippen LogP contribution in [0.25, 0.3) is 0 Å². The van der Waals surface area contributed by atoms with Crippen LogP contribution in [0.4, 0.5) is 0 Å². The molecule has 0 amide bonds. The molecule has 37 heavy (non-hydrogen) atoms. The molecule has 0 fully saturated rings. The third-order valence-corrected chi connectivity index (χ3v) is 5.77. The third kappa shape index (κ3) is 25.4. The second kappa shape index (κ2) is 24.3. The third-order valence-electron chi connectivity index (χ3n) is 4.79. The molecule has 0 rings (SSSR count). The van der Waals surface area contributed by atoms with Crippen molar-refractivity contribution in [2.75, 3.05) is 26.4 Å². The average molecular weight is 544 g/mol. The molecular weight excluding hydrogens is 497 g/mol. The minimum absolute atomic E-state index is 0.0449. The van der Waals surface area contributed by atoms with Crippen molar-refractivity contribution in [2.45, 2.75) is 84.2 Å². The Kier molecular flexibility index (Phi) is 23.0. The van der Waals surface area contributed by atoms with Gasteiger partial charge in [-0.3, -0.25) is 18.6 Å². The number of hydrogen-bond acceptors (Lipinski definition) is 8. The Balaban J connectivity index is 4.00. The van der Waals surface area contributed by atoms with E-state index in [1.54, 1.807) is 0 Å². The van der Waals surface area contributed by atoms with Crippen LogP contribution in [0.15, 0.2) is 48.6 Å². The maximum atomic E-state index is 12.1. The predicted molar refractivity (Wildman–Crippen MR) is 146 cm³/mol. The average Bonchev–Trinajstić information content (AvgIpc) is 2.86. The number of esters is 2. The zero-order valence-corrected chi connectivity index (χ0v) is 23.3. The monoisotopic (exact) mass is 543 g/mol. The van der Waals surface area contributed by atoms with Crippen molar-refractivity contribution in [3.8, 4) is 0 Å². The molecule has 10 heteroatoms. The zero-order chi connectivity index (χ0) is 27.6. The Hall–Kier alpha value is -2.03. The van der Waals surface area contributed by atoms with Gasteiger partial charge in [0.1, 0.15) is 6.61 Å². The molecule has 0 aromatic carbocycles. The van der Waals surface area contributed by atoms with E-state index in [1.165, 1.54) is 6.92 Å². The number of nitrogens with two attached hydrogens (primary N) is 1. The first kappa shape index (κ1) is 35.0. The minimum Gasteiger partial charge on any atom is -0.462 e. The van der Waals surface area contributed by atoms with Gasteiger partial charge in [0.2, 0.25) is 0 Å². The second-order valence-electron chi connectivity index (χ2n) is 8.25. The molecule has 0 radical (unpaired) electrons. The van der Waals surface area contributed by atoms with Crippen LogP contribution in [0.3, 0.4) is 0 Å². The van der Waals surface area contributed by atoms with Crippen molar-refractivity contribution in [1.82, 2.24) is 0 Å². The van der Waals surface area contributed by atoms with Gasteiger partial charge in [0.15, 0.2) is 6.10 Å². The zero-order valence-electron chi connectivity index (χ0n) is 22.4. The van der Waals surface area contributed by atoms with E-state index in [1.807, 2.05) is 0 Å². The smallest absolute Gasteiger partial charge is 0.462 e. The summed E-state index contributed by atoms with van der Waals surface area (Å²) in [5.41, 5.74) is 5.23. The van der Waals surface area contributed by atoms with Gasteiger partial charge in [-0.25, -0.2) is 4.57 Å². The Morgan fingerprint density at radius 1 is 0.865 bits per heavy atom.